The summed E-state index contributed by atoms with van der Waals surface area (Å²) in [5.74, 6) is -0.809. The Balaban J connectivity index is 3.70. The molecule has 6 nitrogen and oxygen atoms in total. The van der Waals surface area contributed by atoms with Crippen LogP contribution in [0.5, 0.6) is 0 Å². The minimum absolute atomic E-state index is 0.211. The van der Waals surface area contributed by atoms with Crippen molar-refractivity contribution in [1.82, 2.24) is 5.32 Å². The lowest BCUT2D eigenvalue weighted by atomic mass is 9.87. The molecule has 0 saturated carbocycles. The van der Waals surface area contributed by atoms with Gasteiger partial charge in [-0.25, -0.2) is 0 Å². The Morgan fingerprint density at radius 2 is 1.24 bits per heavy atom. The summed E-state index contributed by atoms with van der Waals surface area (Å²) >= 11 is 0. The molecule has 214 valence electrons. The smallest absolute Gasteiger partial charge is 0.306 e. The molecule has 0 aromatic heterocycles. The Morgan fingerprint density at radius 1 is 0.789 bits per heavy atom. The number of esters is 1. The standard InChI is InChI=1S/C32H51NO5/c1-4-5-6-7-8-9-10-11-12-13-14-15-16-17-18-19-20-21-22-23-25-29(35)38-27-24-26-33-31(37)30(36)32(2,3)28-34/h6-7,9-10,12-13,15-16,18-19,21-22,30,34,36H,4-5,8,11,14,17,20,23-28H2,1-3H3,(H,33,37)/b7-6-,10-9-,13-12-,16-15-,19-18-,22-21-. The molecule has 0 bridgehead atoms. The van der Waals surface area contributed by atoms with E-state index in [0.717, 1.165) is 32.1 Å². The molecule has 0 aliphatic rings. The van der Waals surface area contributed by atoms with Gasteiger partial charge in [0.2, 0.25) is 5.91 Å². The lowest BCUT2D eigenvalue weighted by Gasteiger charge is -2.27. The number of unbranched alkanes of at least 4 members (excludes halogenated alkanes) is 1. The first-order valence-electron chi connectivity index (χ1n) is 14.0. The fourth-order valence-electron chi connectivity index (χ4n) is 3.04. The first-order chi connectivity index (χ1) is 18.3. The number of amides is 1. The lowest BCUT2D eigenvalue weighted by Crippen LogP contribution is -2.45. The van der Waals surface area contributed by atoms with Crippen molar-refractivity contribution in [2.24, 2.45) is 5.41 Å². The molecule has 1 unspecified atom stereocenters. The van der Waals surface area contributed by atoms with Gasteiger partial charge in [-0.3, -0.25) is 9.59 Å². The van der Waals surface area contributed by atoms with Crippen LogP contribution in [0.3, 0.4) is 0 Å². The first kappa shape index (κ1) is 35.3. The molecular formula is C32H51NO5. The second kappa shape index (κ2) is 24.6. The van der Waals surface area contributed by atoms with Gasteiger partial charge in [0.15, 0.2) is 0 Å². The van der Waals surface area contributed by atoms with E-state index < -0.39 is 17.4 Å². The predicted octanol–water partition coefficient (Wildman–Crippen LogP) is 6.28. The maximum Gasteiger partial charge on any atom is 0.306 e. The van der Waals surface area contributed by atoms with Crippen molar-refractivity contribution >= 4 is 11.9 Å². The van der Waals surface area contributed by atoms with Crippen LogP contribution < -0.4 is 5.32 Å². The summed E-state index contributed by atoms with van der Waals surface area (Å²) in [7, 11) is 0. The second-order valence-electron chi connectivity index (χ2n) is 9.75. The molecule has 0 aromatic carbocycles. The highest BCUT2D eigenvalue weighted by Gasteiger charge is 2.32. The topological polar surface area (TPSA) is 95.9 Å². The molecule has 0 spiro atoms. The molecule has 0 radical (unpaired) electrons. The molecule has 1 atom stereocenters. The molecule has 0 aliphatic heterocycles. The zero-order chi connectivity index (χ0) is 28.3. The van der Waals surface area contributed by atoms with E-state index in [-0.39, 0.29) is 25.7 Å². The van der Waals surface area contributed by atoms with Gasteiger partial charge in [-0.15, -0.1) is 0 Å². The molecule has 0 aromatic rings. The lowest BCUT2D eigenvalue weighted by molar-refractivity contribution is -0.143. The van der Waals surface area contributed by atoms with Gasteiger partial charge in [0, 0.05) is 18.4 Å². The zero-order valence-electron chi connectivity index (χ0n) is 23.8. The van der Waals surface area contributed by atoms with Crippen LogP contribution >= 0.6 is 0 Å². The van der Waals surface area contributed by atoms with E-state index in [1.165, 1.54) is 12.8 Å². The number of nitrogens with one attached hydrogen (secondary N) is 1. The monoisotopic (exact) mass is 529 g/mol. The third-order valence-corrected chi connectivity index (χ3v) is 5.61. The van der Waals surface area contributed by atoms with E-state index in [2.05, 4.69) is 73.0 Å². The largest absolute Gasteiger partial charge is 0.466 e. The molecule has 1 amide bonds. The van der Waals surface area contributed by atoms with Gasteiger partial charge in [0.1, 0.15) is 6.10 Å². The van der Waals surface area contributed by atoms with Crippen molar-refractivity contribution in [1.29, 1.82) is 0 Å². The van der Waals surface area contributed by atoms with Gasteiger partial charge in [-0.2, -0.15) is 0 Å². The van der Waals surface area contributed by atoms with Gasteiger partial charge in [0.25, 0.3) is 0 Å². The average molecular weight is 530 g/mol. The van der Waals surface area contributed by atoms with Gasteiger partial charge in [-0.05, 0) is 51.4 Å². The number of ether oxygens (including phenoxy) is 1. The highest BCUT2D eigenvalue weighted by Crippen LogP contribution is 2.19. The van der Waals surface area contributed by atoms with Crippen LogP contribution in [0, 0.1) is 5.41 Å². The molecule has 0 rings (SSSR count). The number of hydrogen-bond acceptors (Lipinski definition) is 5. The van der Waals surface area contributed by atoms with Crippen LogP contribution in [0.4, 0.5) is 0 Å². The minimum atomic E-state index is -1.29. The highest BCUT2D eigenvalue weighted by molar-refractivity contribution is 5.81. The Hall–Kier alpha value is -2.70. The summed E-state index contributed by atoms with van der Waals surface area (Å²) in [4.78, 5) is 23.6. The fraction of sp³-hybridized carbons (Fsp3) is 0.562. The summed E-state index contributed by atoms with van der Waals surface area (Å²) in [6.07, 6.45) is 33.1. The van der Waals surface area contributed by atoms with Crippen molar-refractivity contribution in [3.8, 4) is 0 Å². The van der Waals surface area contributed by atoms with Crippen molar-refractivity contribution in [3.05, 3.63) is 72.9 Å². The first-order valence-corrected chi connectivity index (χ1v) is 14.0. The molecule has 3 N–H and O–H groups in total. The predicted molar refractivity (Wildman–Crippen MR) is 158 cm³/mol. The quantitative estimate of drug-likeness (QED) is 0.0871. The van der Waals surface area contributed by atoms with E-state index in [4.69, 9.17) is 4.74 Å². The molecule has 38 heavy (non-hydrogen) atoms. The Morgan fingerprint density at radius 3 is 1.68 bits per heavy atom. The SMILES string of the molecule is CCC/C=C\C/C=C\C/C=C\C/C=C\C/C=C\C/C=C\CCC(=O)OCCCNC(=O)C(O)C(C)(C)CO. The van der Waals surface area contributed by atoms with E-state index >= 15 is 0 Å². The zero-order valence-corrected chi connectivity index (χ0v) is 23.8. The summed E-state index contributed by atoms with van der Waals surface area (Å²) in [6, 6.07) is 0. The van der Waals surface area contributed by atoms with Crippen LogP contribution in [-0.4, -0.2) is 48.0 Å². The third kappa shape index (κ3) is 21.4. The van der Waals surface area contributed by atoms with Crippen molar-refractivity contribution in [3.63, 3.8) is 0 Å². The van der Waals surface area contributed by atoms with Crippen LogP contribution in [0.15, 0.2) is 72.9 Å². The van der Waals surface area contributed by atoms with E-state index in [1.807, 2.05) is 12.2 Å². The van der Waals surface area contributed by atoms with E-state index in [0.29, 0.717) is 19.3 Å². The summed E-state index contributed by atoms with van der Waals surface area (Å²) in [5, 5.41) is 21.7. The Labute approximate surface area is 230 Å². The Kier molecular flexibility index (Phi) is 22.9. The number of allylic oxidation sites excluding steroid dienone is 12. The number of hydrogen-bond donors (Lipinski definition) is 3. The van der Waals surface area contributed by atoms with Crippen LogP contribution in [-0.2, 0) is 14.3 Å². The summed E-state index contributed by atoms with van der Waals surface area (Å²) in [5.41, 5.74) is -0.905. The van der Waals surface area contributed by atoms with E-state index in [9.17, 15) is 19.8 Å². The summed E-state index contributed by atoms with van der Waals surface area (Å²) < 4.78 is 5.15. The van der Waals surface area contributed by atoms with Crippen molar-refractivity contribution < 1.29 is 24.5 Å². The normalized spacial score (nSPS) is 13.7. The number of carbonyl (C=O) groups excluding carboxylic acids is 2. The van der Waals surface area contributed by atoms with Gasteiger partial charge in [-0.1, -0.05) is 100 Å². The summed E-state index contributed by atoms with van der Waals surface area (Å²) in [6.45, 7) is 5.61. The fourth-order valence-corrected chi connectivity index (χ4v) is 3.04. The maximum atomic E-state index is 11.8. The molecule has 0 saturated heterocycles. The number of rotatable bonds is 22. The molecule has 0 fully saturated rings. The third-order valence-electron chi connectivity index (χ3n) is 5.61. The van der Waals surface area contributed by atoms with Crippen molar-refractivity contribution in [2.45, 2.75) is 91.1 Å². The number of aliphatic hydroxyl groups excluding tert-OH is 2. The maximum absolute atomic E-state index is 11.8. The van der Waals surface area contributed by atoms with Crippen LogP contribution in [0.1, 0.15) is 85.0 Å². The highest BCUT2D eigenvalue weighted by atomic mass is 16.5. The molecular weight excluding hydrogens is 478 g/mol. The molecule has 0 aliphatic carbocycles. The van der Waals surface area contributed by atoms with Crippen LogP contribution in [0.25, 0.3) is 0 Å². The van der Waals surface area contributed by atoms with Gasteiger partial charge in [0.05, 0.1) is 13.2 Å². The number of carbonyl (C=O) groups is 2. The second-order valence-corrected chi connectivity index (χ2v) is 9.75. The number of aliphatic hydroxyl groups is 2. The molecule has 0 heterocycles. The average Bonchev–Trinajstić information content (AvgIpc) is 2.91. The van der Waals surface area contributed by atoms with Gasteiger partial charge < -0.3 is 20.3 Å². The van der Waals surface area contributed by atoms with Crippen molar-refractivity contribution in [2.75, 3.05) is 19.8 Å². The Bertz CT molecular complexity index is 790. The van der Waals surface area contributed by atoms with E-state index in [1.54, 1.807) is 13.8 Å². The van der Waals surface area contributed by atoms with Crippen LogP contribution in [0.2, 0.25) is 0 Å². The minimum Gasteiger partial charge on any atom is -0.466 e. The molecule has 6 heteroatoms. The van der Waals surface area contributed by atoms with Gasteiger partial charge >= 0.3 is 5.97 Å².